The Balaban J connectivity index is 1.96. The number of aromatic nitrogens is 2. The molecule has 21 heavy (non-hydrogen) atoms. The Morgan fingerprint density at radius 1 is 1.10 bits per heavy atom. The Bertz CT molecular complexity index is 454. The molecule has 1 heterocycles. The van der Waals surface area contributed by atoms with Crippen molar-refractivity contribution in [2.24, 2.45) is 0 Å². The third kappa shape index (κ3) is 4.84. The highest BCUT2D eigenvalue weighted by Gasteiger charge is 2.28. The molecule has 1 saturated carbocycles. The molecule has 1 fully saturated rings. The van der Waals surface area contributed by atoms with Gasteiger partial charge in [0, 0.05) is 24.6 Å². The second kappa shape index (κ2) is 7.59. The van der Waals surface area contributed by atoms with Crippen LogP contribution in [-0.2, 0) is 0 Å². The van der Waals surface area contributed by atoms with E-state index in [-0.39, 0.29) is 0 Å². The Labute approximate surface area is 128 Å². The van der Waals surface area contributed by atoms with Crippen LogP contribution in [0.4, 0.5) is 11.6 Å². The molecule has 1 aliphatic carbocycles. The minimum Gasteiger partial charge on any atom is -0.370 e. The van der Waals surface area contributed by atoms with Gasteiger partial charge in [-0.3, -0.25) is 0 Å². The summed E-state index contributed by atoms with van der Waals surface area (Å²) in [5.74, 6) is 3.59. The summed E-state index contributed by atoms with van der Waals surface area (Å²) in [6, 6.07) is 0. The third-order valence-electron chi connectivity index (χ3n) is 3.77. The molecule has 1 aromatic heterocycles. The van der Waals surface area contributed by atoms with Crippen molar-refractivity contribution in [1.82, 2.24) is 14.9 Å². The van der Waals surface area contributed by atoms with Gasteiger partial charge in [-0.2, -0.15) is 0 Å². The highest BCUT2D eigenvalue weighted by molar-refractivity contribution is 5.57. The summed E-state index contributed by atoms with van der Waals surface area (Å²) in [7, 11) is 4.24. The summed E-state index contributed by atoms with van der Waals surface area (Å²) >= 11 is 0. The van der Waals surface area contributed by atoms with E-state index in [2.05, 4.69) is 48.5 Å². The zero-order valence-corrected chi connectivity index (χ0v) is 13.9. The van der Waals surface area contributed by atoms with Gasteiger partial charge in [0.2, 0.25) is 0 Å². The van der Waals surface area contributed by atoms with E-state index in [1.807, 2.05) is 0 Å². The number of hydrogen-bond acceptors (Lipinski definition) is 5. The molecule has 0 unspecified atom stereocenters. The topological polar surface area (TPSA) is 53.1 Å². The second-order valence-corrected chi connectivity index (χ2v) is 6.15. The van der Waals surface area contributed by atoms with Crippen LogP contribution >= 0.6 is 0 Å². The molecule has 0 radical (unpaired) electrons. The predicted molar refractivity (Wildman–Crippen MR) is 89.2 cm³/mol. The van der Waals surface area contributed by atoms with E-state index in [4.69, 9.17) is 4.98 Å². The number of hydrogen-bond donors (Lipinski definition) is 2. The lowest BCUT2D eigenvalue weighted by Crippen LogP contribution is -2.15. The maximum absolute atomic E-state index is 4.74. The molecule has 0 aliphatic heterocycles. The average molecular weight is 291 g/mol. The van der Waals surface area contributed by atoms with Crippen LogP contribution in [0, 0.1) is 6.92 Å². The smallest absolute Gasteiger partial charge is 0.136 e. The lowest BCUT2D eigenvalue weighted by molar-refractivity contribution is 0.396. The molecule has 5 heteroatoms. The summed E-state index contributed by atoms with van der Waals surface area (Å²) in [5.41, 5.74) is 1.13. The van der Waals surface area contributed by atoms with Gasteiger partial charge in [-0.15, -0.1) is 0 Å². The minimum atomic E-state index is 0.581. The lowest BCUT2D eigenvalue weighted by atomic mass is 10.2. The summed E-state index contributed by atoms with van der Waals surface area (Å²) in [6.07, 6.45) is 4.84. The highest BCUT2D eigenvalue weighted by atomic mass is 15.1. The summed E-state index contributed by atoms with van der Waals surface area (Å²) in [4.78, 5) is 11.6. The molecule has 0 bridgehead atoms. The van der Waals surface area contributed by atoms with E-state index in [1.54, 1.807) is 0 Å². The largest absolute Gasteiger partial charge is 0.370 e. The summed E-state index contributed by atoms with van der Waals surface area (Å²) in [5, 5.41) is 6.86. The zero-order chi connectivity index (χ0) is 15.2. The van der Waals surface area contributed by atoms with Gasteiger partial charge in [0.1, 0.15) is 17.5 Å². The van der Waals surface area contributed by atoms with Crippen molar-refractivity contribution in [3.05, 3.63) is 11.4 Å². The van der Waals surface area contributed by atoms with Gasteiger partial charge in [-0.25, -0.2) is 9.97 Å². The molecule has 0 saturated heterocycles. The molecule has 0 aromatic carbocycles. The van der Waals surface area contributed by atoms with Crippen molar-refractivity contribution < 1.29 is 0 Å². The summed E-state index contributed by atoms with van der Waals surface area (Å²) < 4.78 is 0. The van der Waals surface area contributed by atoms with Gasteiger partial charge in [0.15, 0.2) is 0 Å². The summed E-state index contributed by atoms with van der Waals surface area (Å²) in [6.45, 7) is 7.20. The van der Waals surface area contributed by atoms with Crippen LogP contribution in [0.25, 0.3) is 0 Å². The molecule has 0 amide bonds. The number of nitrogens with zero attached hydrogens (tertiary/aromatic N) is 3. The van der Waals surface area contributed by atoms with Crippen molar-refractivity contribution in [2.75, 3.05) is 44.4 Å². The monoisotopic (exact) mass is 291 g/mol. The predicted octanol–water partition coefficient (Wildman–Crippen LogP) is 2.85. The Morgan fingerprint density at radius 3 is 2.33 bits per heavy atom. The fourth-order valence-corrected chi connectivity index (χ4v) is 2.33. The van der Waals surface area contributed by atoms with E-state index in [0.717, 1.165) is 49.1 Å². The fourth-order valence-electron chi connectivity index (χ4n) is 2.33. The first kappa shape index (κ1) is 16.0. The fraction of sp³-hybridized carbons (Fsp3) is 0.750. The van der Waals surface area contributed by atoms with Gasteiger partial charge in [0.05, 0.1) is 0 Å². The molecule has 118 valence electrons. The van der Waals surface area contributed by atoms with Gasteiger partial charge >= 0.3 is 0 Å². The molecule has 0 atom stereocenters. The van der Waals surface area contributed by atoms with Crippen LogP contribution < -0.4 is 10.6 Å². The van der Waals surface area contributed by atoms with Crippen LogP contribution in [0.1, 0.15) is 49.9 Å². The van der Waals surface area contributed by atoms with Crippen molar-refractivity contribution in [3.8, 4) is 0 Å². The van der Waals surface area contributed by atoms with Crippen molar-refractivity contribution in [1.29, 1.82) is 0 Å². The molecule has 1 aromatic rings. The first-order valence-electron chi connectivity index (χ1n) is 8.12. The highest BCUT2D eigenvalue weighted by Crippen LogP contribution is 2.39. The first-order valence-corrected chi connectivity index (χ1v) is 8.12. The van der Waals surface area contributed by atoms with Crippen molar-refractivity contribution in [3.63, 3.8) is 0 Å². The van der Waals surface area contributed by atoms with Crippen LogP contribution in [0.5, 0.6) is 0 Å². The molecule has 2 N–H and O–H groups in total. The zero-order valence-electron chi connectivity index (χ0n) is 13.9. The van der Waals surface area contributed by atoms with Gasteiger partial charge in [-0.05, 0) is 60.2 Å². The molecule has 2 rings (SSSR count). The Hall–Kier alpha value is -1.36. The van der Waals surface area contributed by atoms with Crippen LogP contribution in [0.3, 0.4) is 0 Å². The number of anilines is 2. The standard InChI is InChI=1S/C16H29N5/c1-5-17-14-12(2)15(18-10-6-7-11-21(3)4)20-16(19-14)13-8-9-13/h13H,5-11H2,1-4H3,(H2,17,18,19,20). The maximum Gasteiger partial charge on any atom is 0.136 e. The van der Waals surface area contributed by atoms with E-state index in [1.165, 1.54) is 19.3 Å². The van der Waals surface area contributed by atoms with Crippen LogP contribution in [-0.4, -0.2) is 48.6 Å². The maximum atomic E-state index is 4.74. The molecule has 0 spiro atoms. The number of nitrogens with one attached hydrogen (secondary N) is 2. The van der Waals surface area contributed by atoms with Gasteiger partial charge in [0.25, 0.3) is 0 Å². The van der Waals surface area contributed by atoms with Gasteiger partial charge in [-0.1, -0.05) is 0 Å². The van der Waals surface area contributed by atoms with Crippen LogP contribution in [0.2, 0.25) is 0 Å². The first-order chi connectivity index (χ1) is 10.1. The third-order valence-corrected chi connectivity index (χ3v) is 3.77. The minimum absolute atomic E-state index is 0.581. The molecule has 5 nitrogen and oxygen atoms in total. The van der Waals surface area contributed by atoms with E-state index in [0.29, 0.717) is 5.92 Å². The SMILES string of the molecule is CCNc1nc(C2CC2)nc(NCCCCN(C)C)c1C. The Kier molecular flexibility index (Phi) is 5.79. The molecular weight excluding hydrogens is 262 g/mol. The normalized spacial score (nSPS) is 14.5. The molecule has 1 aliphatic rings. The van der Waals surface area contributed by atoms with Crippen molar-refractivity contribution in [2.45, 2.75) is 45.4 Å². The Morgan fingerprint density at radius 2 is 1.76 bits per heavy atom. The quantitative estimate of drug-likeness (QED) is 0.685. The van der Waals surface area contributed by atoms with E-state index < -0.39 is 0 Å². The van der Waals surface area contributed by atoms with E-state index >= 15 is 0 Å². The second-order valence-electron chi connectivity index (χ2n) is 6.15. The van der Waals surface area contributed by atoms with E-state index in [9.17, 15) is 0 Å². The average Bonchev–Trinajstić information content (AvgIpc) is 3.26. The van der Waals surface area contributed by atoms with Crippen LogP contribution in [0.15, 0.2) is 0 Å². The molecular formula is C16H29N5. The van der Waals surface area contributed by atoms with Gasteiger partial charge < -0.3 is 15.5 Å². The van der Waals surface area contributed by atoms with Crippen molar-refractivity contribution >= 4 is 11.6 Å². The number of unbranched alkanes of at least 4 members (excludes halogenated alkanes) is 1. The number of rotatable bonds is 9. The lowest BCUT2D eigenvalue weighted by Gasteiger charge is -2.15.